The number of hydrogen-bond donors (Lipinski definition) is 1. The van der Waals surface area contributed by atoms with Crippen LogP contribution in [0.5, 0.6) is 11.6 Å². The van der Waals surface area contributed by atoms with Crippen LogP contribution in [0.15, 0.2) is 36.8 Å². The zero-order chi connectivity index (χ0) is 21.8. The van der Waals surface area contributed by atoms with Gasteiger partial charge >= 0.3 is 0 Å². The summed E-state index contributed by atoms with van der Waals surface area (Å²) in [7, 11) is 3.30. The van der Waals surface area contributed by atoms with Crippen molar-refractivity contribution in [2.45, 2.75) is 50.2 Å². The standard InChI is InChI=1S/C23H26N4O4/c1-14(2)31-17-8-19-26-18(22-11-23(12-22,13-22)30-4)10-27(19)9-15(17)20(28)25-16-6-5-7-24-21(16)29-3/h5-10,14H,11-13H2,1-4H3,(H,25,28). The molecule has 3 aromatic rings. The minimum atomic E-state index is -0.303. The lowest BCUT2D eigenvalue weighted by atomic mass is 9.40. The second-order valence-corrected chi connectivity index (χ2v) is 8.82. The second kappa shape index (κ2) is 6.95. The van der Waals surface area contributed by atoms with E-state index in [-0.39, 0.29) is 23.0 Å². The monoisotopic (exact) mass is 422 g/mol. The molecule has 0 unspecified atom stereocenters. The summed E-state index contributed by atoms with van der Waals surface area (Å²) < 4.78 is 18.7. The van der Waals surface area contributed by atoms with Crippen LogP contribution in [0.3, 0.4) is 0 Å². The van der Waals surface area contributed by atoms with E-state index in [4.69, 9.17) is 19.2 Å². The van der Waals surface area contributed by atoms with Crippen LogP contribution in [-0.2, 0) is 10.2 Å². The molecule has 2 bridgehead atoms. The number of pyridine rings is 2. The van der Waals surface area contributed by atoms with Crippen molar-refractivity contribution in [3.8, 4) is 11.6 Å². The molecule has 162 valence electrons. The molecule has 3 aromatic heterocycles. The van der Waals surface area contributed by atoms with Crippen molar-refractivity contribution in [1.29, 1.82) is 0 Å². The van der Waals surface area contributed by atoms with Crippen LogP contribution in [-0.4, -0.2) is 46.2 Å². The van der Waals surface area contributed by atoms with Crippen LogP contribution in [0, 0.1) is 0 Å². The van der Waals surface area contributed by atoms with E-state index in [9.17, 15) is 4.79 Å². The third kappa shape index (κ3) is 3.13. The van der Waals surface area contributed by atoms with E-state index in [1.54, 1.807) is 31.6 Å². The SMILES string of the molecule is COc1ncccc1NC(=O)c1cn2cc(C34CC(OC)(C3)C4)nc2cc1OC(C)C. The van der Waals surface area contributed by atoms with Crippen molar-refractivity contribution in [3.05, 3.63) is 48.0 Å². The fourth-order valence-corrected chi connectivity index (χ4v) is 4.81. The molecule has 0 radical (unpaired) electrons. The number of carbonyl (C=O) groups excluding carboxylic acids is 1. The number of imidazole rings is 1. The zero-order valence-electron chi connectivity index (χ0n) is 18.1. The lowest BCUT2D eigenvalue weighted by molar-refractivity contribution is -0.233. The van der Waals surface area contributed by atoms with E-state index in [1.165, 1.54) is 7.11 Å². The number of fused-ring (bicyclic) bond motifs is 1. The van der Waals surface area contributed by atoms with E-state index in [2.05, 4.69) is 10.3 Å². The topological polar surface area (TPSA) is 87.0 Å². The molecule has 31 heavy (non-hydrogen) atoms. The van der Waals surface area contributed by atoms with E-state index in [0.29, 0.717) is 22.9 Å². The van der Waals surface area contributed by atoms with Crippen molar-refractivity contribution in [3.63, 3.8) is 0 Å². The van der Waals surface area contributed by atoms with Crippen molar-refractivity contribution in [1.82, 2.24) is 14.4 Å². The summed E-state index contributed by atoms with van der Waals surface area (Å²) in [4.78, 5) is 22.2. The van der Waals surface area contributed by atoms with Crippen molar-refractivity contribution in [2.75, 3.05) is 19.5 Å². The number of aromatic nitrogens is 3. The largest absolute Gasteiger partial charge is 0.490 e. The Balaban J connectivity index is 1.49. The van der Waals surface area contributed by atoms with Gasteiger partial charge in [0.1, 0.15) is 17.1 Å². The minimum Gasteiger partial charge on any atom is -0.490 e. The van der Waals surface area contributed by atoms with Gasteiger partial charge in [-0.15, -0.1) is 0 Å². The summed E-state index contributed by atoms with van der Waals surface area (Å²) >= 11 is 0. The maximum absolute atomic E-state index is 13.2. The third-order valence-electron chi connectivity index (χ3n) is 6.33. The third-order valence-corrected chi connectivity index (χ3v) is 6.33. The van der Waals surface area contributed by atoms with Crippen LogP contribution < -0.4 is 14.8 Å². The zero-order valence-corrected chi connectivity index (χ0v) is 18.1. The lowest BCUT2D eigenvalue weighted by Crippen LogP contribution is -2.70. The smallest absolute Gasteiger partial charge is 0.261 e. The Kier molecular flexibility index (Phi) is 4.44. The Morgan fingerprint density at radius 3 is 2.68 bits per heavy atom. The van der Waals surface area contributed by atoms with Crippen LogP contribution in [0.2, 0.25) is 0 Å². The Hall–Kier alpha value is -3.13. The lowest BCUT2D eigenvalue weighted by Gasteiger charge is -2.68. The predicted octanol–water partition coefficient (Wildman–Crippen LogP) is 3.60. The number of carbonyl (C=O) groups is 1. The molecule has 0 atom stereocenters. The Morgan fingerprint density at radius 1 is 1.23 bits per heavy atom. The van der Waals surface area contributed by atoms with Gasteiger partial charge in [0.15, 0.2) is 0 Å². The molecular formula is C23H26N4O4. The summed E-state index contributed by atoms with van der Waals surface area (Å²) in [6.45, 7) is 3.86. The maximum atomic E-state index is 13.2. The number of hydrogen-bond acceptors (Lipinski definition) is 6. The van der Waals surface area contributed by atoms with E-state index in [0.717, 1.165) is 30.6 Å². The summed E-state index contributed by atoms with van der Waals surface area (Å²) in [6.07, 6.45) is 8.33. The molecule has 0 spiro atoms. The molecule has 1 amide bonds. The number of nitrogens with zero attached hydrogens (tertiary/aromatic N) is 3. The number of methoxy groups -OCH3 is 2. The number of anilines is 1. The molecule has 0 aliphatic heterocycles. The van der Waals surface area contributed by atoms with Gasteiger partial charge in [0.25, 0.3) is 5.91 Å². The number of nitrogens with one attached hydrogen (secondary N) is 1. The molecule has 0 saturated heterocycles. The molecule has 6 rings (SSSR count). The molecule has 3 saturated carbocycles. The van der Waals surface area contributed by atoms with Gasteiger partial charge < -0.3 is 23.9 Å². The van der Waals surface area contributed by atoms with Crippen LogP contribution in [0.4, 0.5) is 5.69 Å². The second-order valence-electron chi connectivity index (χ2n) is 8.82. The van der Waals surface area contributed by atoms with E-state index < -0.39 is 0 Å². The Labute approximate surface area is 180 Å². The first-order valence-corrected chi connectivity index (χ1v) is 10.4. The molecule has 8 nitrogen and oxygen atoms in total. The number of amides is 1. The molecule has 1 N–H and O–H groups in total. The maximum Gasteiger partial charge on any atom is 0.261 e. The quantitative estimate of drug-likeness (QED) is 0.626. The fraction of sp³-hybridized carbons (Fsp3) is 0.435. The first-order chi connectivity index (χ1) is 14.9. The van der Waals surface area contributed by atoms with Gasteiger partial charge in [-0.2, -0.15) is 0 Å². The molecule has 3 aliphatic rings. The highest BCUT2D eigenvalue weighted by Gasteiger charge is 2.70. The van der Waals surface area contributed by atoms with Crippen LogP contribution in [0.25, 0.3) is 5.65 Å². The highest BCUT2D eigenvalue weighted by atomic mass is 16.5. The highest BCUT2D eigenvalue weighted by molar-refractivity contribution is 6.06. The first kappa shape index (κ1) is 19.8. The van der Waals surface area contributed by atoms with Gasteiger partial charge in [0.05, 0.1) is 30.1 Å². The average Bonchev–Trinajstić information content (AvgIpc) is 3.08. The van der Waals surface area contributed by atoms with Gasteiger partial charge in [-0.05, 0) is 45.2 Å². The van der Waals surface area contributed by atoms with Crippen LogP contribution >= 0.6 is 0 Å². The summed E-state index contributed by atoms with van der Waals surface area (Å²) in [5.41, 5.74) is 2.88. The van der Waals surface area contributed by atoms with Gasteiger partial charge in [-0.3, -0.25) is 4.79 Å². The van der Waals surface area contributed by atoms with Crippen molar-refractivity contribution in [2.24, 2.45) is 0 Å². The molecule has 3 aliphatic carbocycles. The minimum absolute atomic E-state index is 0.0511. The average molecular weight is 422 g/mol. The van der Waals surface area contributed by atoms with Gasteiger partial charge in [-0.1, -0.05) is 0 Å². The normalized spacial score (nSPS) is 23.9. The van der Waals surface area contributed by atoms with Gasteiger partial charge in [0.2, 0.25) is 5.88 Å². The summed E-state index contributed by atoms with van der Waals surface area (Å²) in [6, 6.07) is 5.32. The molecular weight excluding hydrogens is 396 g/mol. The van der Waals surface area contributed by atoms with E-state index >= 15 is 0 Å². The fourth-order valence-electron chi connectivity index (χ4n) is 4.81. The summed E-state index contributed by atoms with van der Waals surface area (Å²) in [5, 5.41) is 2.88. The Morgan fingerprint density at radius 2 is 2.00 bits per heavy atom. The Bertz CT molecular complexity index is 1150. The predicted molar refractivity (Wildman–Crippen MR) is 115 cm³/mol. The first-order valence-electron chi connectivity index (χ1n) is 10.4. The molecule has 8 heteroatoms. The van der Waals surface area contributed by atoms with Crippen molar-refractivity contribution >= 4 is 17.2 Å². The van der Waals surface area contributed by atoms with E-state index in [1.807, 2.05) is 30.5 Å². The molecule has 3 fully saturated rings. The molecule has 0 aromatic carbocycles. The molecule has 3 heterocycles. The van der Waals surface area contributed by atoms with Crippen LogP contribution in [0.1, 0.15) is 49.2 Å². The summed E-state index contributed by atoms with van der Waals surface area (Å²) in [5.74, 6) is 0.540. The van der Waals surface area contributed by atoms with Crippen molar-refractivity contribution < 1.29 is 19.0 Å². The van der Waals surface area contributed by atoms with Gasteiger partial charge in [-0.25, -0.2) is 9.97 Å². The number of ether oxygens (including phenoxy) is 3. The van der Waals surface area contributed by atoms with Gasteiger partial charge in [0, 0.05) is 37.2 Å². The highest BCUT2D eigenvalue weighted by Crippen LogP contribution is 2.69. The number of rotatable bonds is 7.